The molecule has 1 N–H and O–H groups in total. The van der Waals surface area contributed by atoms with Crippen molar-refractivity contribution in [1.82, 2.24) is 10.2 Å². The first-order valence-electron chi connectivity index (χ1n) is 8.06. The van der Waals surface area contributed by atoms with Crippen molar-refractivity contribution in [2.75, 3.05) is 13.1 Å². The lowest BCUT2D eigenvalue weighted by Crippen LogP contribution is -2.39. The number of likely N-dealkylation sites (tertiary alicyclic amines) is 1. The fourth-order valence-electron chi connectivity index (χ4n) is 2.90. The van der Waals surface area contributed by atoms with Crippen LogP contribution >= 0.6 is 0 Å². The molecule has 0 radical (unpaired) electrons. The van der Waals surface area contributed by atoms with Crippen molar-refractivity contribution in [1.29, 1.82) is 0 Å². The van der Waals surface area contributed by atoms with Crippen molar-refractivity contribution in [3.05, 3.63) is 35.4 Å². The molecule has 1 fully saturated rings. The van der Waals surface area contributed by atoms with Gasteiger partial charge in [0, 0.05) is 25.2 Å². The molecule has 1 unspecified atom stereocenters. The summed E-state index contributed by atoms with van der Waals surface area (Å²) in [5, 5.41) is 3.63. The van der Waals surface area contributed by atoms with E-state index in [2.05, 4.69) is 43.4 Å². The van der Waals surface area contributed by atoms with E-state index in [1.807, 2.05) is 20.8 Å². The van der Waals surface area contributed by atoms with Crippen LogP contribution in [0.25, 0.3) is 0 Å². The minimum absolute atomic E-state index is 0.208. The molecule has 122 valence electrons. The van der Waals surface area contributed by atoms with Crippen molar-refractivity contribution in [2.45, 2.75) is 58.7 Å². The minimum atomic E-state index is -0.433. The first-order chi connectivity index (χ1) is 10.3. The molecule has 1 amide bonds. The summed E-state index contributed by atoms with van der Waals surface area (Å²) >= 11 is 0. The highest BCUT2D eigenvalue weighted by atomic mass is 16.6. The molecular formula is C18H28N2O2. The molecule has 1 saturated heterocycles. The maximum absolute atomic E-state index is 12.1. The van der Waals surface area contributed by atoms with Crippen LogP contribution in [0, 0.1) is 6.92 Å². The maximum atomic E-state index is 12.1. The van der Waals surface area contributed by atoms with Gasteiger partial charge in [-0.25, -0.2) is 4.79 Å². The van der Waals surface area contributed by atoms with Gasteiger partial charge in [-0.15, -0.1) is 0 Å². The van der Waals surface area contributed by atoms with E-state index in [4.69, 9.17) is 4.74 Å². The molecule has 4 heteroatoms. The van der Waals surface area contributed by atoms with E-state index in [0.717, 1.165) is 13.0 Å². The number of ether oxygens (including phenoxy) is 1. The summed E-state index contributed by atoms with van der Waals surface area (Å²) in [4.78, 5) is 13.9. The molecule has 1 aliphatic heterocycles. The Morgan fingerprint density at radius 1 is 1.36 bits per heavy atom. The predicted octanol–water partition coefficient (Wildman–Crippen LogP) is 3.66. The third-order valence-electron chi connectivity index (χ3n) is 3.98. The number of carbonyl (C=O) groups is 1. The normalized spacial score (nSPS) is 20.0. The van der Waals surface area contributed by atoms with Gasteiger partial charge in [-0.05, 0) is 52.2 Å². The molecule has 22 heavy (non-hydrogen) atoms. The molecular weight excluding hydrogens is 276 g/mol. The van der Waals surface area contributed by atoms with Crippen LogP contribution in [0.1, 0.15) is 51.3 Å². The van der Waals surface area contributed by atoms with Gasteiger partial charge in [-0.2, -0.15) is 0 Å². The Bertz CT molecular complexity index is 522. The molecule has 1 aromatic carbocycles. The zero-order valence-corrected chi connectivity index (χ0v) is 14.3. The zero-order chi connectivity index (χ0) is 16.3. The monoisotopic (exact) mass is 304 g/mol. The van der Waals surface area contributed by atoms with E-state index in [-0.39, 0.29) is 12.1 Å². The summed E-state index contributed by atoms with van der Waals surface area (Å²) < 4.78 is 5.44. The lowest BCUT2D eigenvalue weighted by Gasteiger charge is -2.25. The molecule has 0 spiro atoms. The lowest BCUT2D eigenvalue weighted by molar-refractivity contribution is 0.0290. The molecule has 1 heterocycles. The Hall–Kier alpha value is -1.55. The van der Waals surface area contributed by atoms with Gasteiger partial charge >= 0.3 is 6.09 Å². The second-order valence-corrected chi connectivity index (χ2v) is 7.16. The standard InChI is InChI=1S/C18H28N2O2/c1-13-8-6-7-9-16(13)14(2)19-15-10-11-20(12-15)17(21)22-18(3,4)5/h6-9,14-15,19H,10-12H2,1-5H3/t14-,15?/m1/s1. The quantitative estimate of drug-likeness (QED) is 0.926. The summed E-state index contributed by atoms with van der Waals surface area (Å²) in [6.45, 7) is 11.5. The summed E-state index contributed by atoms with van der Waals surface area (Å²) in [6, 6.07) is 9.03. The fourth-order valence-corrected chi connectivity index (χ4v) is 2.90. The number of aryl methyl sites for hydroxylation is 1. The highest BCUT2D eigenvalue weighted by Crippen LogP contribution is 2.21. The van der Waals surface area contributed by atoms with Crippen LogP contribution < -0.4 is 5.32 Å². The zero-order valence-electron chi connectivity index (χ0n) is 14.3. The van der Waals surface area contributed by atoms with Gasteiger partial charge in [-0.3, -0.25) is 0 Å². The average Bonchev–Trinajstić information content (AvgIpc) is 2.85. The highest BCUT2D eigenvalue weighted by Gasteiger charge is 2.30. The molecule has 2 rings (SSSR count). The predicted molar refractivity (Wildman–Crippen MR) is 88.9 cm³/mol. The molecule has 1 aromatic rings. The Morgan fingerprint density at radius 3 is 2.68 bits per heavy atom. The first-order valence-corrected chi connectivity index (χ1v) is 8.06. The van der Waals surface area contributed by atoms with E-state index in [1.54, 1.807) is 4.90 Å². The molecule has 2 atom stereocenters. The van der Waals surface area contributed by atoms with Crippen LogP contribution in [-0.2, 0) is 4.74 Å². The molecule has 0 bridgehead atoms. The van der Waals surface area contributed by atoms with Crippen LogP contribution in [0.2, 0.25) is 0 Å². The smallest absolute Gasteiger partial charge is 0.410 e. The molecule has 0 aliphatic carbocycles. The van der Waals surface area contributed by atoms with E-state index < -0.39 is 5.60 Å². The second-order valence-electron chi connectivity index (χ2n) is 7.16. The van der Waals surface area contributed by atoms with Gasteiger partial charge < -0.3 is 15.0 Å². The summed E-state index contributed by atoms with van der Waals surface area (Å²) in [6.07, 6.45) is 0.760. The van der Waals surface area contributed by atoms with Gasteiger partial charge in [0.2, 0.25) is 0 Å². The van der Waals surface area contributed by atoms with E-state index in [0.29, 0.717) is 12.6 Å². The van der Waals surface area contributed by atoms with Crippen LogP contribution in [0.3, 0.4) is 0 Å². The largest absolute Gasteiger partial charge is 0.444 e. The molecule has 0 saturated carbocycles. The second kappa shape index (κ2) is 6.69. The molecule has 4 nitrogen and oxygen atoms in total. The SMILES string of the molecule is Cc1ccccc1[C@@H](C)NC1CCN(C(=O)OC(C)(C)C)C1. The maximum Gasteiger partial charge on any atom is 0.410 e. The first kappa shape index (κ1) is 16.8. The Kier molecular flexibility index (Phi) is 5.12. The molecule has 0 aromatic heterocycles. The fraction of sp³-hybridized carbons (Fsp3) is 0.611. The number of nitrogens with one attached hydrogen (secondary N) is 1. The topological polar surface area (TPSA) is 41.6 Å². The number of amides is 1. The summed E-state index contributed by atoms with van der Waals surface area (Å²) in [7, 11) is 0. The average molecular weight is 304 g/mol. The Morgan fingerprint density at radius 2 is 2.05 bits per heavy atom. The highest BCUT2D eigenvalue weighted by molar-refractivity contribution is 5.68. The van der Waals surface area contributed by atoms with Gasteiger partial charge in [0.1, 0.15) is 5.60 Å². The number of carbonyl (C=O) groups excluding carboxylic acids is 1. The van der Waals surface area contributed by atoms with Crippen molar-refractivity contribution in [3.8, 4) is 0 Å². The van der Waals surface area contributed by atoms with Crippen molar-refractivity contribution in [2.24, 2.45) is 0 Å². The van der Waals surface area contributed by atoms with Gasteiger partial charge in [0.25, 0.3) is 0 Å². The van der Waals surface area contributed by atoms with Crippen molar-refractivity contribution in [3.63, 3.8) is 0 Å². The lowest BCUT2D eigenvalue weighted by atomic mass is 10.0. The van der Waals surface area contributed by atoms with Crippen LogP contribution in [0.4, 0.5) is 4.79 Å². The van der Waals surface area contributed by atoms with Gasteiger partial charge in [0.05, 0.1) is 0 Å². The Labute approximate surface area is 133 Å². The van der Waals surface area contributed by atoms with E-state index >= 15 is 0 Å². The van der Waals surface area contributed by atoms with Gasteiger partial charge in [-0.1, -0.05) is 24.3 Å². The van der Waals surface area contributed by atoms with Gasteiger partial charge in [0.15, 0.2) is 0 Å². The Balaban J connectivity index is 1.89. The van der Waals surface area contributed by atoms with Crippen molar-refractivity contribution >= 4 is 6.09 Å². The van der Waals surface area contributed by atoms with Crippen molar-refractivity contribution < 1.29 is 9.53 Å². The van der Waals surface area contributed by atoms with Crippen LogP contribution in [-0.4, -0.2) is 35.7 Å². The number of rotatable bonds is 3. The summed E-state index contributed by atoms with van der Waals surface area (Å²) in [5.41, 5.74) is 2.18. The third kappa shape index (κ3) is 4.47. The van der Waals surface area contributed by atoms with E-state index in [9.17, 15) is 4.79 Å². The van der Waals surface area contributed by atoms with Crippen LogP contribution in [0.15, 0.2) is 24.3 Å². The van der Waals surface area contributed by atoms with Crippen LogP contribution in [0.5, 0.6) is 0 Å². The molecule has 1 aliphatic rings. The number of hydrogen-bond acceptors (Lipinski definition) is 3. The number of benzene rings is 1. The third-order valence-corrected chi connectivity index (χ3v) is 3.98. The number of hydrogen-bond donors (Lipinski definition) is 1. The van der Waals surface area contributed by atoms with E-state index in [1.165, 1.54) is 11.1 Å². The summed E-state index contributed by atoms with van der Waals surface area (Å²) in [5.74, 6) is 0. The number of nitrogens with zero attached hydrogens (tertiary/aromatic N) is 1. The minimum Gasteiger partial charge on any atom is -0.444 e.